The molecule has 0 radical (unpaired) electrons. The maximum Gasteiger partial charge on any atom is 0.410 e. The molecule has 0 aliphatic carbocycles. The number of amides is 2. The number of nitrogen functional groups attached to an aromatic ring is 1. The summed E-state index contributed by atoms with van der Waals surface area (Å²) in [5, 5.41) is 2.83. The average Bonchev–Trinajstić information content (AvgIpc) is 2.69. The molecule has 160 valence electrons. The van der Waals surface area contributed by atoms with E-state index in [2.05, 4.69) is 5.32 Å². The number of hydrogen-bond acceptors (Lipinski definition) is 5. The van der Waals surface area contributed by atoms with Gasteiger partial charge in [0.2, 0.25) is 0 Å². The number of likely N-dealkylation sites (tertiary alicyclic amines) is 1. The Hall–Kier alpha value is -3.22. The van der Waals surface area contributed by atoms with Crippen molar-refractivity contribution in [3.63, 3.8) is 0 Å². The van der Waals surface area contributed by atoms with Crippen molar-refractivity contribution in [2.45, 2.75) is 45.3 Å². The number of carbonyl (C=O) groups is 2. The fraction of sp³-hybridized carbons (Fsp3) is 0.391. The molecule has 0 unspecified atom stereocenters. The highest BCUT2D eigenvalue weighted by Gasteiger charge is 2.27. The molecule has 0 spiro atoms. The number of nitrogens with zero attached hydrogens (tertiary/aromatic N) is 1. The Labute approximate surface area is 177 Å². The summed E-state index contributed by atoms with van der Waals surface area (Å²) in [6, 6.07) is 14.2. The summed E-state index contributed by atoms with van der Waals surface area (Å²) in [6.07, 6.45) is 1.24. The van der Waals surface area contributed by atoms with E-state index in [-0.39, 0.29) is 18.1 Å². The number of para-hydroxylation sites is 1. The molecule has 2 amide bonds. The molecule has 0 atom stereocenters. The van der Waals surface area contributed by atoms with E-state index in [0.29, 0.717) is 30.0 Å². The highest BCUT2D eigenvalue weighted by atomic mass is 16.6. The topological polar surface area (TPSA) is 93.9 Å². The van der Waals surface area contributed by atoms with Gasteiger partial charge in [0, 0.05) is 37.3 Å². The Balaban J connectivity index is 1.49. The predicted molar refractivity (Wildman–Crippen MR) is 117 cm³/mol. The average molecular weight is 412 g/mol. The van der Waals surface area contributed by atoms with E-state index in [1.54, 1.807) is 41.3 Å². The van der Waals surface area contributed by atoms with Gasteiger partial charge in [0.1, 0.15) is 17.5 Å². The normalized spacial score (nSPS) is 14.8. The van der Waals surface area contributed by atoms with Crippen LogP contribution in [0.15, 0.2) is 48.5 Å². The molecule has 3 rings (SSSR count). The fourth-order valence-electron chi connectivity index (χ4n) is 3.19. The molecule has 1 aliphatic heterocycles. The van der Waals surface area contributed by atoms with Gasteiger partial charge in [-0.2, -0.15) is 0 Å². The summed E-state index contributed by atoms with van der Waals surface area (Å²) in [4.78, 5) is 26.2. The molecule has 1 fully saturated rings. The number of nitrogens with two attached hydrogens (primary N) is 1. The van der Waals surface area contributed by atoms with Crippen LogP contribution < -0.4 is 15.8 Å². The van der Waals surface area contributed by atoms with Gasteiger partial charge in [-0.25, -0.2) is 4.79 Å². The van der Waals surface area contributed by atoms with Crippen LogP contribution in [-0.4, -0.2) is 41.7 Å². The van der Waals surface area contributed by atoms with Gasteiger partial charge in [0.15, 0.2) is 0 Å². The van der Waals surface area contributed by atoms with Crippen molar-refractivity contribution in [1.82, 2.24) is 4.90 Å². The van der Waals surface area contributed by atoms with E-state index in [1.165, 1.54) is 0 Å². The summed E-state index contributed by atoms with van der Waals surface area (Å²) in [5.41, 5.74) is 6.90. The SMILES string of the molecule is CC(C)(C)OC(=O)N1CCC(Oc2ccc(NC(=O)c3ccccc3N)cc2)CC1. The summed E-state index contributed by atoms with van der Waals surface area (Å²) >= 11 is 0. The Kier molecular flexibility index (Phi) is 6.50. The van der Waals surface area contributed by atoms with Crippen LogP contribution in [0.1, 0.15) is 44.0 Å². The molecular formula is C23H29N3O4. The van der Waals surface area contributed by atoms with Crippen molar-refractivity contribution in [2.24, 2.45) is 0 Å². The van der Waals surface area contributed by atoms with Crippen LogP contribution >= 0.6 is 0 Å². The lowest BCUT2D eigenvalue weighted by atomic mass is 10.1. The lowest BCUT2D eigenvalue weighted by Crippen LogP contribution is -2.44. The molecule has 3 N–H and O–H groups in total. The minimum atomic E-state index is -0.492. The van der Waals surface area contributed by atoms with E-state index < -0.39 is 5.60 Å². The first-order chi connectivity index (χ1) is 14.2. The van der Waals surface area contributed by atoms with Crippen LogP contribution in [0, 0.1) is 0 Å². The highest BCUT2D eigenvalue weighted by Crippen LogP contribution is 2.23. The summed E-state index contributed by atoms with van der Waals surface area (Å²) in [6.45, 7) is 6.79. The molecule has 1 heterocycles. The van der Waals surface area contributed by atoms with Crippen LogP contribution in [0.4, 0.5) is 16.2 Å². The van der Waals surface area contributed by atoms with Gasteiger partial charge in [0.05, 0.1) is 5.56 Å². The smallest absolute Gasteiger partial charge is 0.410 e. The number of hydrogen-bond donors (Lipinski definition) is 2. The maximum atomic E-state index is 12.3. The Morgan fingerprint density at radius 2 is 1.67 bits per heavy atom. The third-order valence-corrected chi connectivity index (χ3v) is 4.71. The van der Waals surface area contributed by atoms with Crippen molar-refractivity contribution in [2.75, 3.05) is 24.1 Å². The van der Waals surface area contributed by atoms with Crippen LogP contribution in [0.25, 0.3) is 0 Å². The zero-order valence-electron chi connectivity index (χ0n) is 17.7. The molecule has 2 aromatic rings. The number of ether oxygens (including phenoxy) is 2. The molecule has 1 aliphatic rings. The number of benzene rings is 2. The van der Waals surface area contributed by atoms with Gasteiger partial charge in [-0.1, -0.05) is 12.1 Å². The van der Waals surface area contributed by atoms with Gasteiger partial charge in [-0.15, -0.1) is 0 Å². The molecule has 0 bridgehead atoms. The van der Waals surface area contributed by atoms with Crippen LogP contribution in [0.3, 0.4) is 0 Å². The van der Waals surface area contributed by atoms with Gasteiger partial charge < -0.3 is 25.4 Å². The first-order valence-electron chi connectivity index (χ1n) is 10.1. The Morgan fingerprint density at radius 1 is 1.03 bits per heavy atom. The maximum absolute atomic E-state index is 12.3. The molecule has 7 nitrogen and oxygen atoms in total. The second-order valence-electron chi connectivity index (χ2n) is 8.35. The van der Waals surface area contributed by atoms with Crippen LogP contribution in [0.5, 0.6) is 5.75 Å². The largest absolute Gasteiger partial charge is 0.490 e. The predicted octanol–water partition coefficient (Wildman–Crippen LogP) is 4.30. The number of nitrogens with one attached hydrogen (secondary N) is 1. The van der Waals surface area contributed by atoms with Crippen molar-refractivity contribution in [1.29, 1.82) is 0 Å². The zero-order valence-corrected chi connectivity index (χ0v) is 17.7. The fourth-order valence-corrected chi connectivity index (χ4v) is 3.19. The molecular weight excluding hydrogens is 382 g/mol. The van der Waals surface area contributed by atoms with Gasteiger partial charge >= 0.3 is 6.09 Å². The summed E-state index contributed by atoms with van der Waals surface area (Å²) in [5.74, 6) is 0.472. The van der Waals surface area contributed by atoms with Crippen LogP contribution in [-0.2, 0) is 4.74 Å². The lowest BCUT2D eigenvalue weighted by Gasteiger charge is -2.33. The second kappa shape index (κ2) is 9.07. The number of anilines is 2. The number of carbonyl (C=O) groups excluding carboxylic acids is 2. The molecule has 7 heteroatoms. The van der Waals surface area contributed by atoms with Crippen LogP contribution in [0.2, 0.25) is 0 Å². The monoisotopic (exact) mass is 411 g/mol. The minimum Gasteiger partial charge on any atom is -0.490 e. The molecule has 30 heavy (non-hydrogen) atoms. The molecule has 0 saturated carbocycles. The van der Waals surface area contributed by atoms with Gasteiger partial charge in [0.25, 0.3) is 5.91 Å². The van der Waals surface area contributed by atoms with Gasteiger partial charge in [-0.05, 0) is 57.2 Å². The zero-order chi connectivity index (χ0) is 21.7. The Morgan fingerprint density at radius 3 is 2.27 bits per heavy atom. The van der Waals surface area contributed by atoms with Crippen molar-refractivity contribution in [3.8, 4) is 5.75 Å². The second-order valence-corrected chi connectivity index (χ2v) is 8.35. The van der Waals surface area contributed by atoms with E-state index >= 15 is 0 Å². The Bertz CT molecular complexity index is 882. The minimum absolute atomic E-state index is 0.0354. The first-order valence-corrected chi connectivity index (χ1v) is 10.1. The third-order valence-electron chi connectivity index (χ3n) is 4.71. The van der Waals surface area contributed by atoms with Gasteiger partial charge in [-0.3, -0.25) is 4.79 Å². The summed E-state index contributed by atoms with van der Waals surface area (Å²) < 4.78 is 11.5. The van der Waals surface area contributed by atoms with E-state index in [4.69, 9.17) is 15.2 Å². The number of rotatable bonds is 4. The van der Waals surface area contributed by atoms with E-state index in [0.717, 1.165) is 18.6 Å². The number of piperidine rings is 1. The molecule has 2 aromatic carbocycles. The van der Waals surface area contributed by atoms with Crippen molar-refractivity contribution < 1.29 is 19.1 Å². The lowest BCUT2D eigenvalue weighted by molar-refractivity contribution is 0.0126. The standard InChI is InChI=1S/C23H29N3O4/c1-23(2,3)30-22(28)26-14-12-18(13-15-26)29-17-10-8-16(9-11-17)25-21(27)19-6-4-5-7-20(19)24/h4-11,18H,12-15,24H2,1-3H3,(H,25,27). The quantitative estimate of drug-likeness (QED) is 0.732. The summed E-state index contributed by atoms with van der Waals surface area (Å²) in [7, 11) is 0. The molecule has 1 saturated heterocycles. The highest BCUT2D eigenvalue weighted by molar-refractivity contribution is 6.07. The molecule has 0 aromatic heterocycles. The third kappa shape index (κ3) is 5.89. The van der Waals surface area contributed by atoms with E-state index in [9.17, 15) is 9.59 Å². The van der Waals surface area contributed by atoms with E-state index in [1.807, 2.05) is 32.9 Å². The van der Waals surface area contributed by atoms with Crippen molar-refractivity contribution >= 4 is 23.4 Å². The van der Waals surface area contributed by atoms with Crippen molar-refractivity contribution in [3.05, 3.63) is 54.1 Å². The first kappa shape index (κ1) is 21.5.